The smallest absolute Gasteiger partial charge is 0.238 e. The lowest BCUT2D eigenvalue weighted by Gasteiger charge is -2.16. The minimum Gasteiger partial charge on any atom is -0.385 e. The van der Waals surface area contributed by atoms with Crippen LogP contribution in [0.25, 0.3) is 20.8 Å². The van der Waals surface area contributed by atoms with Gasteiger partial charge < -0.3 is 15.4 Å². The van der Waals surface area contributed by atoms with Crippen LogP contribution in [0.1, 0.15) is 12.0 Å². The molecule has 0 aliphatic heterocycles. The molecule has 2 N–H and O–H groups in total. The van der Waals surface area contributed by atoms with Gasteiger partial charge in [0, 0.05) is 31.5 Å². The molecule has 3 aromatic rings. The molecule has 0 radical (unpaired) electrons. The number of hydrogen-bond acceptors (Lipinski definition) is 6. The number of ether oxygens (including phenoxy) is 1. The molecule has 1 heterocycles. The predicted octanol–water partition coefficient (Wildman–Crippen LogP) is 3.29. The van der Waals surface area contributed by atoms with Crippen LogP contribution in [-0.4, -0.2) is 62.1 Å². The fourth-order valence-electron chi connectivity index (χ4n) is 3.10. The lowest BCUT2D eigenvalue weighted by atomic mass is 10.2. The number of carbonyl (C=O) groups is 2. The van der Waals surface area contributed by atoms with Crippen LogP contribution in [0.2, 0.25) is 0 Å². The summed E-state index contributed by atoms with van der Waals surface area (Å²) in [7, 11) is 3.37. The Kier molecular flexibility index (Phi) is 8.11. The van der Waals surface area contributed by atoms with Crippen molar-refractivity contribution in [2.24, 2.45) is 0 Å². The van der Waals surface area contributed by atoms with Crippen LogP contribution in [-0.2, 0) is 14.3 Å². The highest BCUT2D eigenvalue weighted by atomic mass is 32.1. The summed E-state index contributed by atoms with van der Waals surface area (Å²) in [4.78, 5) is 30.6. The fraction of sp³-hybridized carbons (Fsp3) is 0.348. The quantitative estimate of drug-likeness (QED) is 0.473. The second kappa shape index (κ2) is 11.0. The van der Waals surface area contributed by atoms with Crippen molar-refractivity contribution >= 4 is 39.1 Å². The summed E-state index contributed by atoms with van der Waals surface area (Å²) in [5, 5.41) is 6.63. The summed E-state index contributed by atoms with van der Waals surface area (Å²) < 4.78 is 6.11. The van der Waals surface area contributed by atoms with E-state index in [1.54, 1.807) is 30.4 Å². The van der Waals surface area contributed by atoms with Gasteiger partial charge in [0.1, 0.15) is 5.01 Å². The Balaban J connectivity index is 1.49. The molecule has 0 saturated heterocycles. The first-order chi connectivity index (χ1) is 14.9. The minimum absolute atomic E-state index is 0.109. The van der Waals surface area contributed by atoms with E-state index in [-0.39, 0.29) is 24.9 Å². The molecule has 0 unspecified atom stereocenters. The number of aromatic nitrogens is 1. The molecule has 2 aromatic carbocycles. The van der Waals surface area contributed by atoms with E-state index in [0.717, 1.165) is 27.2 Å². The summed E-state index contributed by atoms with van der Waals surface area (Å²) >= 11 is 1.66. The van der Waals surface area contributed by atoms with E-state index in [9.17, 15) is 9.59 Å². The Hall–Kier alpha value is -2.81. The summed E-state index contributed by atoms with van der Waals surface area (Å²) in [6.07, 6.45) is 0.763. The van der Waals surface area contributed by atoms with Gasteiger partial charge in [-0.25, -0.2) is 4.98 Å². The number of anilines is 1. The number of amides is 2. The Morgan fingerprint density at radius 1 is 1.10 bits per heavy atom. The third kappa shape index (κ3) is 6.85. The van der Waals surface area contributed by atoms with Gasteiger partial charge in [0.2, 0.25) is 11.8 Å². The molecule has 0 aliphatic rings. The van der Waals surface area contributed by atoms with Crippen LogP contribution in [0, 0.1) is 6.92 Å². The van der Waals surface area contributed by atoms with Gasteiger partial charge in [-0.05, 0) is 62.4 Å². The summed E-state index contributed by atoms with van der Waals surface area (Å²) in [5.74, 6) is -0.278. The number of thiazole rings is 1. The van der Waals surface area contributed by atoms with Crippen molar-refractivity contribution < 1.29 is 14.3 Å². The zero-order valence-corrected chi connectivity index (χ0v) is 18.9. The number of nitrogens with zero attached hydrogens (tertiary/aromatic N) is 2. The van der Waals surface area contributed by atoms with Crippen LogP contribution in [0.3, 0.4) is 0 Å². The summed E-state index contributed by atoms with van der Waals surface area (Å²) in [5.41, 5.74) is 3.94. The first-order valence-corrected chi connectivity index (χ1v) is 11.0. The van der Waals surface area contributed by atoms with Crippen molar-refractivity contribution in [1.82, 2.24) is 15.2 Å². The Labute approximate surface area is 186 Å². The number of benzene rings is 2. The molecule has 0 fully saturated rings. The lowest BCUT2D eigenvalue weighted by Crippen LogP contribution is -2.39. The van der Waals surface area contributed by atoms with Crippen LogP contribution in [0.5, 0.6) is 0 Å². The van der Waals surface area contributed by atoms with Gasteiger partial charge in [-0.2, -0.15) is 0 Å². The number of nitrogens with one attached hydrogen (secondary N) is 2. The molecule has 0 atom stereocenters. The van der Waals surface area contributed by atoms with Crippen LogP contribution < -0.4 is 10.6 Å². The molecule has 164 valence electrons. The third-order valence-corrected chi connectivity index (χ3v) is 5.70. The molecule has 3 rings (SSSR count). The van der Waals surface area contributed by atoms with E-state index in [4.69, 9.17) is 9.72 Å². The lowest BCUT2D eigenvalue weighted by molar-refractivity contribution is -0.123. The molecule has 1 aromatic heterocycles. The van der Waals surface area contributed by atoms with Gasteiger partial charge >= 0.3 is 0 Å². The first-order valence-electron chi connectivity index (χ1n) is 10.2. The Morgan fingerprint density at radius 3 is 2.58 bits per heavy atom. The number of carbonyl (C=O) groups excluding carboxylic acids is 2. The minimum atomic E-state index is -0.169. The van der Waals surface area contributed by atoms with E-state index in [1.165, 1.54) is 5.56 Å². The Morgan fingerprint density at radius 2 is 1.84 bits per heavy atom. The second-order valence-corrected chi connectivity index (χ2v) is 8.51. The normalized spacial score (nSPS) is 11.1. The molecule has 0 spiro atoms. The van der Waals surface area contributed by atoms with Crippen molar-refractivity contribution in [1.29, 1.82) is 0 Å². The van der Waals surface area contributed by atoms with Crippen molar-refractivity contribution in [2.75, 3.05) is 45.7 Å². The highest BCUT2D eigenvalue weighted by Crippen LogP contribution is 2.31. The van der Waals surface area contributed by atoms with Gasteiger partial charge in [0.25, 0.3) is 0 Å². The fourth-order valence-corrected chi connectivity index (χ4v) is 4.17. The number of methoxy groups -OCH3 is 1. The maximum absolute atomic E-state index is 12.3. The zero-order chi connectivity index (χ0) is 22.2. The van der Waals surface area contributed by atoms with Crippen LogP contribution in [0.15, 0.2) is 42.5 Å². The molecule has 7 nitrogen and oxygen atoms in total. The third-order valence-electron chi connectivity index (χ3n) is 4.63. The van der Waals surface area contributed by atoms with Crippen molar-refractivity contribution in [2.45, 2.75) is 13.3 Å². The monoisotopic (exact) mass is 440 g/mol. The predicted molar refractivity (Wildman–Crippen MR) is 125 cm³/mol. The molecule has 0 aliphatic carbocycles. The van der Waals surface area contributed by atoms with Gasteiger partial charge in [-0.1, -0.05) is 6.07 Å². The van der Waals surface area contributed by atoms with Gasteiger partial charge in [0.05, 0.1) is 23.3 Å². The average Bonchev–Trinajstić information content (AvgIpc) is 3.14. The molecule has 0 bridgehead atoms. The van der Waals surface area contributed by atoms with Crippen LogP contribution >= 0.6 is 11.3 Å². The number of rotatable bonds is 10. The second-order valence-electron chi connectivity index (χ2n) is 7.48. The topological polar surface area (TPSA) is 83.6 Å². The van der Waals surface area contributed by atoms with Crippen molar-refractivity contribution in [3.63, 3.8) is 0 Å². The molecular weight excluding hydrogens is 412 g/mol. The van der Waals surface area contributed by atoms with E-state index < -0.39 is 0 Å². The molecule has 8 heteroatoms. The number of hydrogen-bond donors (Lipinski definition) is 2. The van der Waals surface area contributed by atoms with Gasteiger partial charge in [-0.3, -0.25) is 14.5 Å². The molecule has 31 heavy (non-hydrogen) atoms. The number of likely N-dealkylation sites (N-methyl/N-ethyl adjacent to an activating group) is 1. The summed E-state index contributed by atoms with van der Waals surface area (Å²) in [6, 6.07) is 13.9. The Bertz CT molecular complexity index is 1030. The number of fused-ring (bicyclic) bond motifs is 1. The van der Waals surface area contributed by atoms with Crippen LogP contribution in [0.4, 0.5) is 5.69 Å². The molecule has 0 saturated carbocycles. The SMILES string of the molecule is COCCCNC(=O)CN(C)CC(=O)Nc1ccc(-c2nc3ccc(C)cc3s2)cc1. The van der Waals surface area contributed by atoms with Gasteiger partial charge in [0.15, 0.2) is 0 Å². The number of aryl methyl sites for hydroxylation is 1. The van der Waals surface area contributed by atoms with Gasteiger partial charge in [-0.15, -0.1) is 11.3 Å². The standard InChI is InChI=1S/C23H28N4O3S/c1-16-5-10-19-20(13-16)31-23(26-19)17-6-8-18(9-7-17)25-22(29)15-27(2)14-21(28)24-11-4-12-30-3/h5-10,13H,4,11-12,14-15H2,1-3H3,(H,24,28)(H,25,29). The van der Waals surface area contributed by atoms with E-state index >= 15 is 0 Å². The van der Waals surface area contributed by atoms with Crippen molar-refractivity contribution in [3.8, 4) is 10.6 Å². The van der Waals surface area contributed by atoms with E-state index in [1.807, 2.05) is 30.3 Å². The highest BCUT2D eigenvalue weighted by Gasteiger charge is 2.11. The largest absolute Gasteiger partial charge is 0.385 e. The maximum Gasteiger partial charge on any atom is 0.238 e. The average molecular weight is 441 g/mol. The summed E-state index contributed by atoms with van der Waals surface area (Å²) in [6.45, 7) is 3.54. The van der Waals surface area contributed by atoms with E-state index in [0.29, 0.717) is 18.8 Å². The van der Waals surface area contributed by atoms with Crippen molar-refractivity contribution in [3.05, 3.63) is 48.0 Å². The maximum atomic E-state index is 12.3. The molecular formula is C23H28N4O3S. The highest BCUT2D eigenvalue weighted by molar-refractivity contribution is 7.21. The zero-order valence-electron chi connectivity index (χ0n) is 18.1. The molecule has 2 amide bonds. The van der Waals surface area contributed by atoms with E-state index in [2.05, 4.69) is 29.7 Å². The first kappa shape index (κ1) is 22.9.